The average molecular weight is 305 g/mol. The molecule has 0 saturated carbocycles. The lowest BCUT2D eigenvalue weighted by atomic mass is 10.2. The van der Waals surface area contributed by atoms with Gasteiger partial charge in [0.2, 0.25) is 0 Å². The minimum atomic E-state index is 0.439. The fourth-order valence-electron chi connectivity index (χ4n) is 1.92. The van der Waals surface area contributed by atoms with Crippen molar-refractivity contribution in [2.24, 2.45) is 0 Å². The standard InChI is InChI=1S/C16H21ClN4/c1-12(2)18-10-14-8-9-16(20-19-14)21(3)11-13-6-4-5-7-15(13)17/h4-9,12,18H,10-11H2,1-3H3. The van der Waals surface area contributed by atoms with Crippen LogP contribution in [0.1, 0.15) is 25.1 Å². The second kappa shape index (κ2) is 7.38. The topological polar surface area (TPSA) is 41.0 Å². The first-order chi connectivity index (χ1) is 10.1. The highest BCUT2D eigenvalue weighted by molar-refractivity contribution is 6.31. The molecule has 2 rings (SSSR count). The summed E-state index contributed by atoms with van der Waals surface area (Å²) in [5.74, 6) is 0.836. The summed E-state index contributed by atoms with van der Waals surface area (Å²) in [4.78, 5) is 2.04. The fourth-order valence-corrected chi connectivity index (χ4v) is 2.12. The average Bonchev–Trinajstić information content (AvgIpc) is 2.48. The van der Waals surface area contributed by atoms with Crippen molar-refractivity contribution in [1.82, 2.24) is 15.5 Å². The molecular weight excluding hydrogens is 284 g/mol. The van der Waals surface area contributed by atoms with Gasteiger partial charge in [-0.15, -0.1) is 5.10 Å². The second-order valence-electron chi connectivity index (χ2n) is 5.37. The number of benzene rings is 1. The molecule has 1 aromatic heterocycles. The lowest BCUT2D eigenvalue weighted by molar-refractivity contribution is 0.577. The Labute approximate surface area is 131 Å². The van der Waals surface area contributed by atoms with Crippen LogP contribution in [-0.2, 0) is 13.1 Å². The first kappa shape index (κ1) is 15.7. The van der Waals surface area contributed by atoms with Crippen LogP contribution in [0.4, 0.5) is 5.82 Å². The quantitative estimate of drug-likeness (QED) is 0.889. The van der Waals surface area contributed by atoms with Crippen molar-refractivity contribution in [3.63, 3.8) is 0 Å². The Morgan fingerprint density at radius 3 is 2.52 bits per heavy atom. The van der Waals surface area contributed by atoms with Gasteiger partial charge in [0.15, 0.2) is 5.82 Å². The molecule has 0 radical (unpaired) electrons. The van der Waals surface area contributed by atoms with Crippen molar-refractivity contribution in [3.05, 3.63) is 52.7 Å². The lowest BCUT2D eigenvalue weighted by Crippen LogP contribution is -2.23. The zero-order valence-corrected chi connectivity index (χ0v) is 13.4. The highest BCUT2D eigenvalue weighted by atomic mass is 35.5. The van der Waals surface area contributed by atoms with E-state index in [2.05, 4.69) is 29.4 Å². The van der Waals surface area contributed by atoms with E-state index in [1.807, 2.05) is 48.3 Å². The van der Waals surface area contributed by atoms with Gasteiger partial charge in [-0.3, -0.25) is 0 Å². The Kier molecular flexibility index (Phi) is 5.53. The molecule has 0 atom stereocenters. The van der Waals surface area contributed by atoms with Crippen molar-refractivity contribution >= 4 is 17.4 Å². The van der Waals surface area contributed by atoms with Crippen LogP contribution < -0.4 is 10.2 Å². The molecule has 21 heavy (non-hydrogen) atoms. The summed E-state index contributed by atoms with van der Waals surface area (Å²) in [5, 5.41) is 12.6. The molecule has 0 bridgehead atoms. The van der Waals surface area contributed by atoms with E-state index in [0.717, 1.165) is 28.6 Å². The van der Waals surface area contributed by atoms with Gasteiger partial charge in [-0.1, -0.05) is 43.6 Å². The Morgan fingerprint density at radius 2 is 1.90 bits per heavy atom. The van der Waals surface area contributed by atoms with Gasteiger partial charge in [0, 0.05) is 31.2 Å². The molecular formula is C16H21ClN4. The van der Waals surface area contributed by atoms with Gasteiger partial charge in [-0.2, -0.15) is 5.10 Å². The van der Waals surface area contributed by atoms with Crippen molar-refractivity contribution < 1.29 is 0 Å². The first-order valence-corrected chi connectivity index (χ1v) is 7.44. The minimum absolute atomic E-state index is 0.439. The second-order valence-corrected chi connectivity index (χ2v) is 5.77. The monoisotopic (exact) mass is 304 g/mol. The molecule has 0 aliphatic rings. The number of hydrogen-bond donors (Lipinski definition) is 1. The maximum Gasteiger partial charge on any atom is 0.151 e. The molecule has 1 heterocycles. The van der Waals surface area contributed by atoms with Crippen molar-refractivity contribution in [2.45, 2.75) is 33.0 Å². The highest BCUT2D eigenvalue weighted by Crippen LogP contribution is 2.18. The van der Waals surface area contributed by atoms with E-state index in [9.17, 15) is 0 Å². The van der Waals surface area contributed by atoms with E-state index >= 15 is 0 Å². The van der Waals surface area contributed by atoms with Crippen LogP contribution in [0.15, 0.2) is 36.4 Å². The number of nitrogens with zero attached hydrogens (tertiary/aromatic N) is 3. The van der Waals surface area contributed by atoms with Gasteiger partial charge in [0.05, 0.1) is 5.69 Å². The molecule has 4 nitrogen and oxygen atoms in total. The van der Waals surface area contributed by atoms with Gasteiger partial charge in [-0.25, -0.2) is 0 Å². The van der Waals surface area contributed by atoms with Gasteiger partial charge >= 0.3 is 0 Å². The number of rotatable bonds is 6. The molecule has 2 aromatic rings. The smallest absolute Gasteiger partial charge is 0.151 e. The minimum Gasteiger partial charge on any atom is -0.354 e. The normalized spacial score (nSPS) is 10.9. The molecule has 0 fully saturated rings. The summed E-state index contributed by atoms with van der Waals surface area (Å²) in [6.07, 6.45) is 0. The first-order valence-electron chi connectivity index (χ1n) is 7.07. The summed E-state index contributed by atoms with van der Waals surface area (Å²) in [7, 11) is 1.99. The molecule has 0 aliphatic heterocycles. The number of nitrogens with one attached hydrogen (secondary N) is 1. The molecule has 112 valence electrons. The van der Waals surface area contributed by atoms with E-state index in [1.165, 1.54) is 0 Å². The van der Waals surface area contributed by atoms with E-state index in [-0.39, 0.29) is 0 Å². The largest absolute Gasteiger partial charge is 0.354 e. The highest BCUT2D eigenvalue weighted by Gasteiger charge is 2.07. The lowest BCUT2D eigenvalue weighted by Gasteiger charge is -2.18. The molecule has 1 N–H and O–H groups in total. The van der Waals surface area contributed by atoms with E-state index < -0.39 is 0 Å². The third-order valence-corrected chi connectivity index (χ3v) is 3.52. The van der Waals surface area contributed by atoms with Crippen LogP contribution in [0.25, 0.3) is 0 Å². The Hall–Kier alpha value is -1.65. The summed E-state index contributed by atoms with van der Waals surface area (Å²) in [5.41, 5.74) is 2.02. The van der Waals surface area contributed by atoms with Gasteiger partial charge in [-0.05, 0) is 23.8 Å². The van der Waals surface area contributed by atoms with Crippen molar-refractivity contribution in [2.75, 3.05) is 11.9 Å². The summed E-state index contributed by atoms with van der Waals surface area (Å²) >= 11 is 6.18. The van der Waals surface area contributed by atoms with Crippen LogP contribution in [-0.4, -0.2) is 23.3 Å². The van der Waals surface area contributed by atoms with Gasteiger partial charge < -0.3 is 10.2 Å². The molecule has 0 aliphatic carbocycles. The summed E-state index contributed by atoms with van der Waals surface area (Å²) in [6, 6.07) is 12.3. The maximum atomic E-state index is 6.18. The van der Waals surface area contributed by atoms with Crippen LogP contribution in [0, 0.1) is 0 Å². The summed E-state index contributed by atoms with van der Waals surface area (Å²) < 4.78 is 0. The number of anilines is 1. The fraction of sp³-hybridized carbons (Fsp3) is 0.375. The SMILES string of the molecule is CC(C)NCc1ccc(N(C)Cc2ccccc2Cl)nn1. The molecule has 0 amide bonds. The molecule has 0 spiro atoms. The van der Waals surface area contributed by atoms with Crippen LogP contribution in [0.5, 0.6) is 0 Å². The van der Waals surface area contributed by atoms with E-state index in [4.69, 9.17) is 11.6 Å². The predicted octanol–water partition coefficient (Wildman–Crippen LogP) is 3.26. The van der Waals surface area contributed by atoms with Crippen molar-refractivity contribution in [1.29, 1.82) is 0 Å². The zero-order valence-electron chi connectivity index (χ0n) is 12.7. The van der Waals surface area contributed by atoms with Crippen LogP contribution in [0.3, 0.4) is 0 Å². The van der Waals surface area contributed by atoms with E-state index in [1.54, 1.807) is 0 Å². The third kappa shape index (κ3) is 4.69. The Balaban J connectivity index is 2.00. The van der Waals surface area contributed by atoms with Crippen LogP contribution in [0.2, 0.25) is 5.02 Å². The number of hydrogen-bond acceptors (Lipinski definition) is 4. The number of halogens is 1. The molecule has 5 heteroatoms. The molecule has 1 aromatic carbocycles. The Bertz CT molecular complexity index is 569. The van der Waals surface area contributed by atoms with Crippen molar-refractivity contribution in [3.8, 4) is 0 Å². The van der Waals surface area contributed by atoms with Gasteiger partial charge in [0.1, 0.15) is 0 Å². The molecule has 0 unspecified atom stereocenters. The summed E-state index contributed by atoms with van der Waals surface area (Å²) in [6.45, 7) is 5.66. The number of aromatic nitrogens is 2. The maximum absolute atomic E-state index is 6.18. The molecule has 0 saturated heterocycles. The zero-order chi connectivity index (χ0) is 15.2. The van der Waals surface area contributed by atoms with Crippen LogP contribution >= 0.6 is 11.6 Å². The third-order valence-electron chi connectivity index (χ3n) is 3.15. The van der Waals surface area contributed by atoms with Gasteiger partial charge in [0.25, 0.3) is 0 Å². The van der Waals surface area contributed by atoms with E-state index in [0.29, 0.717) is 12.6 Å². The predicted molar refractivity (Wildman–Crippen MR) is 87.6 cm³/mol. The Morgan fingerprint density at radius 1 is 1.14 bits per heavy atom.